The number of anilines is 1. The topological polar surface area (TPSA) is 64.3 Å². The lowest BCUT2D eigenvalue weighted by molar-refractivity contribution is -0.136. The highest BCUT2D eigenvalue weighted by atomic mass is 79.9. The molecule has 1 aromatic carbocycles. The van der Waals surface area contributed by atoms with Crippen LogP contribution in [0, 0.1) is 11.3 Å². The first-order valence-corrected chi connectivity index (χ1v) is 5.75. The number of rotatable bonds is 4. The predicted octanol–water partition coefficient (Wildman–Crippen LogP) is 2.77. The fourth-order valence-corrected chi connectivity index (χ4v) is 1.86. The summed E-state index contributed by atoms with van der Waals surface area (Å²) in [4.78, 5) is 11.3. The molecule has 0 aliphatic carbocycles. The van der Waals surface area contributed by atoms with Gasteiger partial charge in [-0.05, 0) is 34.1 Å². The van der Waals surface area contributed by atoms with Crippen molar-refractivity contribution in [1.82, 2.24) is 0 Å². The maximum Gasteiger partial charge on any atom is 0.405 e. The fraction of sp³-hybridized carbons (Fsp3) is 0.273. The Balaban J connectivity index is 3.07. The van der Waals surface area contributed by atoms with Crippen molar-refractivity contribution >= 4 is 27.6 Å². The third-order valence-corrected chi connectivity index (χ3v) is 2.79. The van der Waals surface area contributed by atoms with Gasteiger partial charge in [0.25, 0.3) is 0 Å². The average molecular weight is 337 g/mol. The second-order valence-corrected chi connectivity index (χ2v) is 4.50. The zero-order valence-electron chi connectivity index (χ0n) is 9.41. The van der Waals surface area contributed by atoms with E-state index in [1.54, 1.807) is 0 Å². The van der Waals surface area contributed by atoms with Gasteiger partial charge in [0, 0.05) is 10.2 Å². The Morgan fingerprint density at radius 3 is 2.53 bits per heavy atom. The first kappa shape index (κ1) is 15.3. The quantitative estimate of drug-likeness (QED) is 0.918. The summed E-state index contributed by atoms with van der Waals surface area (Å²) in [5.74, 6) is -1.37. The van der Waals surface area contributed by atoms with Gasteiger partial charge in [0.2, 0.25) is 0 Å². The van der Waals surface area contributed by atoms with E-state index in [2.05, 4.69) is 15.9 Å². The molecule has 0 aliphatic rings. The molecule has 0 amide bonds. The zero-order valence-corrected chi connectivity index (χ0v) is 11.0. The first-order valence-electron chi connectivity index (χ1n) is 4.96. The van der Waals surface area contributed by atoms with Crippen LogP contribution in [0.1, 0.15) is 5.56 Å². The van der Waals surface area contributed by atoms with Crippen molar-refractivity contribution in [3.8, 4) is 6.07 Å². The molecular weight excluding hydrogens is 329 g/mol. The van der Waals surface area contributed by atoms with E-state index in [1.807, 2.05) is 6.07 Å². The van der Waals surface area contributed by atoms with Crippen molar-refractivity contribution in [2.24, 2.45) is 0 Å². The standard InChI is InChI=1S/C11H8BrF3N2O2/c12-9-3-8(2-1-7(9)4-16)17(5-10(18)19)6-11(13,14)15/h1-3H,5-6H2,(H,18,19). The summed E-state index contributed by atoms with van der Waals surface area (Å²) in [6.45, 7) is -2.16. The van der Waals surface area contributed by atoms with E-state index < -0.39 is 25.2 Å². The van der Waals surface area contributed by atoms with Gasteiger partial charge in [-0.1, -0.05) is 0 Å². The van der Waals surface area contributed by atoms with Crippen molar-refractivity contribution in [3.05, 3.63) is 28.2 Å². The normalized spacial score (nSPS) is 10.9. The van der Waals surface area contributed by atoms with Crippen molar-refractivity contribution in [2.45, 2.75) is 6.18 Å². The van der Waals surface area contributed by atoms with Crippen molar-refractivity contribution in [3.63, 3.8) is 0 Å². The lowest BCUT2D eigenvalue weighted by Gasteiger charge is -2.24. The number of nitrogens with zero attached hydrogens (tertiary/aromatic N) is 2. The number of nitriles is 1. The number of carboxylic acid groups (broad SMARTS) is 1. The van der Waals surface area contributed by atoms with Crippen LogP contribution in [-0.2, 0) is 4.79 Å². The molecule has 0 unspecified atom stereocenters. The van der Waals surface area contributed by atoms with E-state index >= 15 is 0 Å². The molecule has 1 rings (SSSR count). The molecule has 0 radical (unpaired) electrons. The van der Waals surface area contributed by atoms with Gasteiger partial charge < -0.3 is 10.0 Å². The van der Waals surface area contributed by atoms with Crippen molar-refractivity contribution < 1.29 is 23.1 Å². The smallest absolute Gasteiger partial charge is 0.405 e. The van der Waals surface area contributed by atoms with Gasteiger partial charge in [-0.2, -0.15) is 18.4 Å². The highest BCUT2D eigenvalue weighted by molar-refractivity contribution is 9.10. The van der Waals surface area contributed by atoms with Crippen LogP contribution in [0.15, 0.2) is 22.7 Å². The molecule has 19 heavy (non-hydrogen) atoms. The Morgan fingerprint density at radius 2 is 2.11 bits per heavy atom. The maximum atomic E-state index is 12.4. The minimum atomic E-state index is -4.52. The number of halogens is 4. The summed E-state index contributed by atoms with van der Waals surface area (Å²) in [5.41, 5.74) is 0.330. The molecular formula is C11H8BrF3N2O2. The minimum absolute atomic E-state index is 0.0746. The number of hydrogen-bond acceptors (Lipinski definition) is 3. The minimum Gasteiger partial charge on any atom is -0.480 e. The van der Waals surface area contributed by atoms with Crippen LogP contribution in [0.3, 0.4) is 0 Å². The molecule has 102 valence electrons. The number of carbonyl (C=O) groups is 1. The lowest BCUT2D eigenvalue weighted by Crippen LogP contribution is -2.37. The van der Waals surface area contributed by atoms with Crippen LogP contribution in [-0.4, -0.2) is 30.3 Å². The van der Waals surface area contributed by atoms with Gasteiger partial charge in [0.15, 0.2) is 0 Å². The Morgan fingerprint density at radius 1 is 1.47 bits per heavy atom. The van der Waals surface area contributed by atoms with E-state index in [0.717, 1.165) is 0 Å². The SMILES string of the molecule is N#Cc1ccc(N(CC(=O)O)CC(F)(F)F)cc1Br. The Labute approximate surface area is 115 Å². The molecule has 1 aromatic rings. The molecule has 0 saturated heterocycles. The molecule has 0 aliphatic heterocycles. The van der Waals surface area contributed by atoms with Crippen LogP contribution in [0.5, 0.6) is 0 Å². The van der Waals surface area contributed by atoms with Crippen LogP contribution in [0.25, 0.3) is 0 Å². The number of aliphatic carboxylic acids is 1. The van der Waals surface area contributed by atoms with E-state index in [-0.39, 0.29) is 11.3 Å². The highest BCUT2D eigenvalue weighted by Crippen LogP contribution is 2.26. The molecule has 0 atom stereocenters. The monoisotopic (exact) mass is 336 g/mol. The van der Waals surface area contributed by atoms with E-state index in [1.165, 1.54) is 18.2 Å². The number of carboxylic acids is 1. The molecule has 0 saturated carbocycles. The Kier molecular flexibility index (Phi) is 4.78. The summed E-state index contributed by atoms with van der Waals surface area (Å²) >= 11 is 3.04. The van der Waals surface area contributed by atoms with E-state index in [0.29, 0.717) is 9.37 Å². The van der Waals surface area contributed by atoms with Crippen LogP contribution < -0.4 is 4.90 Å². The maximum absolute atomic E-state index is 12.4. The third kappa shape index (κ3) is 4.79. The predicted molar refractivity (Wildman–Crippen MR) is 64.8 cm³/mol. The number of alkyl halides is 3. The summed E-state index contributed by atoms with van der Waals surface area (Å²) in [7, 11) is 0. The highest BCUT2D eigenvalue weighted by Gasteiger charge is 2.31. The molecule has 0 spiro atoms. The van der Waals surface area contributed by atoms with Crippen LogP contribution in [0.4, 0.5) is 18.9 Å². The summed E-state index contributed by atoms with van der Waals surface area (Å²) in [6.07, 6.45) is -4.52. The average Bonchev–Trinajstić information content (AvgIpc) is 2.25. The summed E-state index contributed by atoms with van der Waals surface area (Å²) in [5, 5.41) is 17.4. The summed E-state index contributed by atoms with van der Waals surface area (Å²) in [6, 6.07) is 5.73. The number of hydrogen-bond donors (Lipinski definition) is 1. The first-order chi connectivity index (χ1) is 8.73. The van der Waals surface area contributed by atoms with E-state index in [9.17, 15) is 18.0 Å². The molecule has 0 heterocycles. The van der Waals surface area contributed by atoms with Crippen molar-refractivity contribution in [1.29, 1.82) is 5.26 Å². The van der Waals surface area contributed by atoms with E-state index in [4.69, 9.17) is 10.4 Å². The second-order valence-electron chi connectivity index (χ2n) is 3.64. The second kappa shape index (κ2) is 5.93. The zero-order chi connectivity index (χ0) is 14.6. The van der Waals surface area contributed by atoms with Gasteiger partial charge in [0.05, 0.1) is 5.56 Å². The largest absolute Gasteiger partial charge is 0.480 e. The summed E-state index contributed by atoms with van der Waals surface area (Å²) < 4.78 is 37.5. The number of benzene rings is 1. The fourth-order valence-electron chi connectivity index (χ4n) is 1.41. The molecule has 0 bridgehead atoms. The Bertz CT molecular complexity index is 526. The lowest BCUT2D eigenvalue weighted by atomic mass is 10.2. The molecule has 8 heteroatoms. The Hall–Kier alpha value is -1.75. The van der Waals surface area contributed by atoms with Crippen molar-refractivity contribution in [2.75, 3.05) is 18.0 Å². The van der Waals surface area contributed by atoms with Crippen LogP contribution >= 0.6 is 15.9 Å². The molecule has 0 fully saturated rings. The van der Waals surface area contributed by atoms with Crippen LogP contribution in [0.2, 0.25) is 0 Å². The third-order valence-electron chi connectivity index (χ3n) is 2.13. The van der Waals surface area contributed by atoms with Gasteiger partial charge in [0.1, 0.15) is 19.2 Å². The van der Waals surface area contributed by atoms with Gasteiger partial charge in [-0.25, -0.2) is 0 Å². The molecule has 0 aromatic heterocycles. The van der Waals surface area contributed by atoms with Gasteiger partial charge in [-0.3, -0.25) is 4.79 Å². The van der Waals surface area contributed by atoms with Gasteiger partial charge in [-0.15, -0.1) is 0 Å². The molecule has 4 nitrogen and oxygen atoms in total. The van der Waals surface area contributed by atoms with Gasteiger partial charge >= 0.3 is 12.1 Å². The molecule has 1 N–H and O–H groups in total.